The van der Waals surface area contributed by atoms with Gasteiger partial charge in [-0.15, -0.1) is 0 Å². The van der Waals surface area contributed by atoms with Crippen LogP contribution in [0.4, 0.5) is 5.69 Å². The molecule has 1 aliphatic heterocycles. The molecular weight excluding hydrogens is 244 g/mol. The highest BCUT2D eigenvalue weighted by molar-refractivity contribution is 5.99. The van der Waals surface area contributed by atoms with Crippen LogP contribution in [0.25, 0.3) is 0 Å². The molecule has 0 radical (unpaired) electrons. The van der Waals surface area contributed by atoms with Crippen molar-refractivity contribution in [3.8, 4) is 0 Å². The molecule has 5 heteroatoms. The van der Waals surface area contributed by atoms with E-state index in [-0.39, 0.29) is 18.4 Å². The summed E-state index contributed by atoms with van der Waals surface area (Å²) < 4.78 is 0. The number of nitrogens with one attached hydrogen (secondary N) is 1. The minimum Gasteiger partial charge on any atom is -0.481 e. The Morgan fingerprint density at radius 2 is 2.21 bits per heavy atom. The van der Waals surface area contributed by atoms with Crippen molar-refractivity contribution in [3.63, 3.8) is 0 Å². The van der Waals surface area contributed by atoms with E-state index in [0.717, 1.165) is 16.8 Å². The molecule has 1 aliphatic rings. The Morgan fingerprint density at radius 3 is 2.84 bits per heavy atom. The van der Waals surface area contributed by atoms with Gasteiger partial charge >= 0.3 is 5.97 Å². The average molecular weight is 262 g/mol. The van der Waals surface area contributed by atoms with E-state index >= 15 is 0 Å². The van der Waals surface area contributed by atoms with Crippen LogP contribution >= 0.6 is 0 Å². The molecule has 1 aromatic rings. The number of carbonyl (C=O) groups excluding carboxylic acids is 1. The summed E-state index contributed by atoms with van der Waals surface area (Å²) in [6.45, 7) is 3.67. The fourth-order valence-electron chi connectivity index (χ4n) is 2.39. The first-order valence-corrected chi connectivity index (χ1v) is 6.19. The van der Waals surface area contributed by atoms with E-state index in [9.17, 15) is 9.59 Å². The van der Waals surface area contributed by atoms with Crippen LogP contribution in [0.5, 0.6) is 0 Å². The normalized spacial score (nSPS) is 15.8. The van der Waals surface area contributed by atoms with Crippen molar-refractivity contribution in [2.45, 2.75) is 32.7 Å². The molecule has 4 N–H and O–H groups in total. The van der Waals surface area contributed by atoms with Crippen molar-refractivity contribution in [2.24, 2.45) is 11.1 Å². The second-order valence-electron chi connectivity index (χ2n) is 5.68. The molecule has 0 fully saturated rings. The van der Waals surface area contributed by atoms with Gasteiger partial charge in [-0.25, -0.2) is 0 Å². The third-order valence-corrected chi connectivity index (χ3v) is 3.56. The maximum absolute atomic E-state index is 11.3. The number of rotatable bonds is 4. The number of amides is 1. The highest BCUT2D eigenvalue weighted by atomic mass is 16.4. The van der Waals surface area contributed by atoms with Gasteiger partial charge < -0.3 is 16.2 Å². The molecule has 1 atom stereocenters. The zero-order chi connectivity index (χ0) is 14.2. The van der Waals surface area contributed by atoms with E-state index < -0.39 is 11.4 Å². The minimum atomic E-state index is -0.863. The van der Waals surface area contributed by atoms with Crippen molar-refractivity contribution in [3.05, 3.63) is 29.3 Å². The van der Waals surface area contributed by atoms with Gasteiger partial charge in [-0.2, -0.15) is 0 Å². The van der Waals surface area contributed by atoms with Crippen LogP contribution in [0.1, 0.15) is 37.4 Å². The first-order valence-electron chi connectivity index (χ1n) is 6.19. The summed E-state index contributed by atoms with van der Waals surface area (Å²) in [5, 5.41) is 11.7. The summed E-state index contributed by atoms with van der Waals surface area (Å²) in [6.07, 6.45) is 0.359. The molecule has 0 aromatic heterocycles. The molecule has 0 saturated carbocycles. The lowest BCUT2D eigenvalue weighted by atomic mass is 9.78. The number of carbonyl (C=O) groups is 2. The third-order valence-electron chi connectivity index (χ3n) is 3.56. The largest absolute Gasteiger partial charge is 0.481 e. The number of carboxylic acid groups (broad SMARTS) is 1. The predicted molar refractivity (Wildman–Crippen MR) is 71.7 cm³/mol. The van der Waals surface area contributed by atoms with Gasteiger partial charge in [0.25, 0.3) is 0 Å². The molecular formula is C14H18N2O3. The fourth-order valence-corrected chi connectivity index (χ4v) is 2.39. The Balaban J connectivity index is 2.25. The zero-order valence-corrected chi connectivity index (χ0v) is 11.1. The lowest BCUT2D eigenvalue weighted by molar-refractivity contribution is -0.139. The number of anilines is 1. The Morgan fingerprint density at radius 1 is 1.53 bits per heavy atom. The monoisotopic (exact) mass is 262 g/mol. The molecule has 1 unspecified atom stereocenters. The number of hydrogen-bond acceptors (Lipinski definition) is 3. The third kappa shape index (κ3) is 2.76. The number of benzene rings is 1. The first kappa shape index (κ1) is 13.5. The van der Waals surface area contributed by atoms with Gasteiger partial charge in [0.2, 0.25) is 5.91 Å². The summed E-state index contributed by atoms with van der Waals surface area (Å²) in [7, 11) is 0. The fraction of sp³-hybridized carbons (Fsp3) is 0.429. The number of carboxylic acids is 1. The quantitative estimate of drug-likeness (QED) is 0.769. The van der Waals surface area contributed by atoms with Crippen LogP contribution in [0, 0.1) is 5.41 Å². The summed E-state index contributed by atoms with van der Waals surface area (Å²) >= 11 is 0. The average Bonchev–Trinajstić information content (AvgIpc) is 2.65. The van der Waals surface area contributed by atoms with Crippen LogP contribution in [-0.2, 0) is 16.0 Å². The smallest absolute Gasteiger partial charge is 0.303 e. The molecule has 0 spiro atoms. The molecule has 1 aromatic carbocycles. The van der Waals surface area contributed by atoms with E-state index in [4.69, 9.17) is 10.8 Å². The minimum absolute atomic E-state index is 0.00241. The van der Waals surface area contributed by atoms with Crippen molar-refractivity contribution >= 4 is 17.6 Å². The topological polar surface area (TPSA) is 92.4 Å². The lowest BCUT2D eigenvalue weighted by Crippen LogP contribution is -2.31. The maximum atomic E-state index is 11.3. The molecule has 1 heterocycles. The SMILES string of the molecule is CC(C)(CC(=O)O)C(N)c1ccc2c(c1)CC(=O)N2. The second-order valence-corrected chi connectivity index (χ2v) is 5.68. The summed E-state index contributed by atoms with van der Waals surface area (Å²) in [6, 6.07) is 5.18. The second kappa shape index (κ2) is 4.66. The van der Waals surface area contributed by atoms with Crippen molar-refractivity contribution in [1.29, 1.82) is 0 Å². The number of fused-ring (bicyclic) bond motifs is 1. The van der Waals surface area contributed by atoms with Crippen LogP contribution in [0.2, 0.25) is 0 Å². The number of aliphatic carboxylic acids is 1. The molecule has 2 rings (SSSR count). The molecule has 19 heavy (non-hydrogen) atoms. The van der Waals surface area contributed by atoms with Crippen molar-refractivity contribution in [1.82, 2.24) is 0 Å². The summed E-state index contributed by atoms with van der Waals surface area (Å²) in [5.41, 5.74) is 8.24. The number of nitrogens with two attached hydrogens (primary N) is 1. The molecule has 102 valence electrons. The predicted octanol–water partition coefficient (Wildman–Crippen LogP) is 1.68. The van der Waals surface area contributed by atoms with E-state index in [1.165, 1.54) is 0 Å². The Kier molecular flexibility index (Phi) is 3.32. The molecule has 1 amide bonds. The van der Waals surface area contributed by atoms with Crippen LogP contribution in [0.3, 0.4) is 0 Å². The van der Waals surface area contributed by atoms with E-state index in [1.807, 2.05) is 32.0 Å². The van der Waals surface area contributed by atoms with Gasteiger partial charge in [-0.1, -0.05) is 26.0 Å². The Labute approximate surface area is 111 Å². The van der Waals surface area contributed by atoms with Gasteiger partial charge in [0.15, 0.2) is 0 Å². The van der Waals surface area contributed by atoms with Gasteiger partial charge in [-0.05, 0) is 22.6 Å². The van der Waals surface area contributed by atoms with Crippen molar-refractivity contribution in [2.75, 3.05) is 5.32 Å². The molecule has 0 bridgehead atoms. The van der Waals surface area contributed by atoms with Gasteiger partial charge in [0.05, 0.1) is 12.8 Å². The Hall–Kier alpha value is -1.88. The molecule has 0 saturated heterocycles. The van der Waals surface area contributed by atoms with E-state index in [1.54, 1.807) is 0 Å². The Bertz CT molecular complexity index is 537. The van der Waals surface area contributed by atoms with E-state index in [0.29, 0.717) is 6.42 Å². The van der Waals surface area contributed by atoms with Crippen LogP contribution in [-0.4, -0.2) is 17.0 Å². The first-order chi connectivity index (χ1) is 8.79. The lowest BCUT2D eigenvalue weighted by Gasteiger charge is -2.30. The number of hydrogen-bond donors (Lipinski definition) is 3. The van der Waals surface area contributed by atoms with Gasteiger partial charge in [-0.3, -0.25) is 9.59 Å². The highest BCUT2D eigenvalue weighted by Gasteiger charge is 2.31. The molecule has 0 aliphatic carbocycles. The maximum Gasteiger partial charge on any atom is 0.303 e. The molecule has 5 nitrogen and oxygen atoms in total. The zero-order valence-electron chi connectivity index (χ0n) is 11.1. The van der Waals surface area contributed by atoms with E-state index in [2.05, 4.69) is 5.32 Å². The highest BCUT2D eigenvalue weighted by Crippen LogP contribution is 2.36. The van der Waals surface area contributed by atoms with Crippen LogP contribution < -0.4 is 11.1 Å². The van der Waals surface area contributed by atoms with Gasteiger partial charge in [0, 0.05) is 11.7 Å². The van der Waals surface area contributed by atoms with Crippen molar-refractivity contribution < 1.29 is 14.7 Å². The summed E-state index contributed by atoms with van der Waals surface area (Å²) in [4.78, 5) is 22.2. The standard InChI is InChI=1S/C14H18N2O3/c1-14(2,7-12(18)19)13(15)8-3-4-10-9(5-8)6-11(17)16-10/h3-5,13H,6-7,15H2,1-2H3,(H,16,17)(H,18,19). The summed E-state index contributed by atoms with van der Waals surface area (Å²) in [5.74, 6) is -0.885. The van der Waals surface area contributed by atoms with Crippen LogP contribution in [0.15, 0.2) is 18.2 Å². The van der Waals surface area contributed by atoms with Gasteiger partial charge in [0.1, 0.15) is 0 Å².